The smallest absolute Gasteiger partial charge is 0.130 e. The summed E-state index contributed by atoms with van der Waals surface area (Å²) in [4.78, 5) is 4.60. The Labute approximate surface area is 132 Å². The number of nitrogens with zero attached hydrogens (tertiary/aromatic N) is 1. The van der Waals surface area contributed by atoms with Gasteiger partial charge in [-0.3, -0.25) is 0 Å². The molecule has 92 valence electrons. The molecule has 0 fully saturated rings. The SMILES string of the molecule is NC(=S)c1ccc(Nc2ccc(I)c(Br)c2)nc1. The van der Waals surface area contributed by atoms with Crippen LogP contribution in [-0.2, 0) is 0 Å². The number of halogens is 2. The highest BCUT2D eigenvalue weighted by Crippen LogP contribution is 2.24. The van der Waals surface area contributed by atoms with Gasteiger partial charge in [-0.25, -0.2) is 4.98 Å². The lowest BCUT2D eigenvalue weighted by molar-refractivity contribution is 1.30. The fraction of sp³-hybridized carbons (Fsp3) is 0. The number of aromatic nitrogens is 1. The van der Waals surface area contributed by atoms with Crippen molar-refractivity contribution in [2.45, 2.75) is 0 Å². The summed E-state index contributed by atoms with van der Waals surface area (Å²) in [6, 6.07) is 9.72. The first-order valence-corrected chi connectivity index (χ1v) is 7.32. The minimum absolute atomic E-state index is 0.353. The van der Waals surface area contributed by atoms with Crippen LogP contribution in [0.3, 0.4) is 0 Å². The maximum absolute atomic E-state index is 5.52. The zero-order chi connectivity index (χ0) is 13.1. The summed E-state index contributed by atoms with van der Waals surface area (Å²) in [7, 11) is 0. The minimum atomic E-state index is 0.353. The molecule has 0 radical (unpaired) electrons. The lowest BCUT2D eigenvalue weighted by Crippen LogP contribution is -2.09. The molecule has 3 nitrogen and oxygen atoms in total. The van der Waals surface area contributed by atoms with Gasteiger partial charge in [0.15, 0.2) is 0 Å². The Morgan fingerprint density at radius 1 is 1.33 bits per heavy atom. The number of nitrogens with two attached hydrogens (primary N) is 1. The quantitative estimate of drug-likeness (QED) is 0.570. The van der Waals surface area contributed by atoms with Crippen molar-refractivity contribution in [1.29, 1.82) is 0 Å². The first-order chi connectivity index (χ1) is 8.56. The van der Waals surface area contributed by atoms with E-state index in [0.29, 0.717) is 4.99 Å². The summed E-state index contributed by atoms with van der Waals surface area (Å²) >= 11 is 10.6. The predicted molar refractivity (Wildman–Crippen MR) is 90.3 cm³/mol. The Morgan fingerprint density at radius 2 is 2.11 bits per heavy atom. The third-order valence-electron chi connectivity index (χ3n) is 2.24. The average molecular weight is 434 g/mol. The molecule has 0 aliphatic carbocycles. The number of rotatable bonds is 3. The molecule has 2 aromatic rings. The van der Waals surface area contributed by atoms with Crippen molar-refractivity contribution < 1.29 is 0 Å². The monoisotopic (exact) mass is 433 g/mol. The number of hydrogen-bond donors (Lipinski definition) is 2. The van der Waals surface area contributed by atoms with Crippen LogP contribution in [0.15, 0.2) is 41.0 Å². The zero-order valence-corrected chi connectivity index (χ0v) is 13.7. The second kappa shape index (κ2) is 5.94. The third kappa shape index (κ3) is 3.39. The van der Waals surface area contributed by atoms with E-state index in [1.165, 1.54) is 0 Å². The molecule has 0 saturated carbocycles. The molecule has 0 aliphatic rings. The third-order valence-corrected chi connectivity index (χ3v) is 4.81. The molecule has 2 rings (SSSR count). The maximum Gasteiger partial charge on any atom is 0.130 e. The van der Waals surface area contributed by atoms with Crippen molar-refractivity contribution in [3.05, 3.63) is 50.1 Å². The van der Waals surface area contributed by atoms with Crippen molar-refractivity contribution in [3.63, 3.8) is 0 Å². The molecule has 0 atom stereocenters. The van der Waals surface area contributed by atoms with Gasteiger partial charge >= 0.3 is 0 Å². The molecule has 0 spiro atoms. The van der Waals surface area contributed by atoms with Gasteiger partial charge < -0.3 is 11.1 Å². The Bertz CT molecular complexity index is 586. The van der Waals surface area contributed by atoms with Crippen LogP contribution in [0.25, 0.3) is 0 Å². The van der Waals surface area contributed by atoms with E-state index >= 15 is 0 Å². The molecule has 1 aromatic carbocycles. The second-order valence-electron chi connectivity index (χ2n) is 3.55. The van der Waals surface area contributed by atoms with Crippen LogP contribution < -0.4 is 11.1 Å². The van der Waals surface area contributed by atoms with E-state index in [4.69, 9.17) is 18.0 Å². The van der Waals surface area contributed by atoms with Crippen molar-refractivity contribution in [1.82, 2.24) is 4.98 Å². The van der Waals surface area contributed by atoms with Gasteiger partial charge in [0.1, 0.15) is 10.8 Å². The second-order valence-corrected chi connectivity index (χ2v) is 6.01. The van der Waals surface area contributed by atoms with Gasteiger partial charge in [0, 0.05) is 25.5 Å². The highest BCUT2D eigenvalue weighted by Gasteiger charge is 2.01. The molecule has 1 aromatic heterocycles. The normalized spacial score (nSPS) is 10.1. The topological polar surface area (TPSA) is 50.9 Å². The van der Waals surface area contributed by atoms with E-state index in [2.05, 4.69) is 48.8 Å². The van der Waals surface area contributed by atoms with E-state index in [9.17, 15) is 0 Å². The highest BCUT2D eigenvalue weighted by molar-refractivity contribution is 14.1. The van der Waals surface area contributed by atoms with Crippen molar-refractivity contribution in [3.8, 4) is 0 Å². The zero-order valence-electron chi connectivity index (χ0n) is 9.15. The highest BCUT2D eigenvalue weighted by atomic mass is 127. The molecule has 0 bridgehead atoms. The maximum atomic E-state index is 5.52. The van der Waals surface area contributed by atoms with Crippen LogP contribution in [0.2, 0.25) is 0 Å². The molecule has 0 unspecified atom stereocenters. The van der Waals surface area contributed by atoms with Crippen LogP contribution in [0, 0.1) is 3.57 Å². The summed E-state index contributed by atoms with van der Waals surface area (Å²) in [5, 5.41) is 3.21. The van der Waals surface area contributed by atoms with Gasteiger partial charge in [0.25, 0.3) is 0 Å². The first-order valence-electron chi connectivity index (χ1n) is 5.04. The minimum Gasteiger partial charge on any atom is -0.389 e. The molecular weight excluding hydrogens is 425 g/mol. The summed E-state index contributed by atoms with van der Waals surface area (Å²) in [5.74, 6) is 0.753. The average Bonchev–Trinajstić information content (AvgIpc) is 2.34. The largest absolute Gasteiger partial charge is 0.389 e. The Kier molecular flexibility index (Phi) is 4.52. The summed E-state index contributed by atoms with van der Waals surface area (Å²) in [5.41, 5.74) is 7.25. The van der Waals surface area contributed by atoms with Gasteiger partial charge in [-0.05, 0) is 68.9 Å². The lowest BCUT2D eigenvalue weighted by Gasteiger charge is -2.07. The summed E-state index contributed by atoms with van der Waals surface area (Å²) < 4.78 is 2.21. The molecule has 6 heteroatoms. The van der Waals surface area contributed by atoms with Gasteiger partial charge in [-0.1, -0.05) is 12.2 Å². The van der Waals surface area contributed by atoms with Crippen molar-refractivity contribution in [2.24, 2.45) is 5.73 Å². The summed E-state index contributed by atoms with van der Waals surface area (Å²) in [6.07, 6.45) is 1.66. The van der Waals surface area contributed by atoms with E-state index < -0.39 is 0 Å². The van der Waals surface area contributed by atoms with E-state index in [-0.39, 0.29) is 0 Å². The van der Waals surface area contributed by atoms with Gasteiger partial charge in [-0.15, -0.1) is 0 Å². The Hall–Kier alpha value is -0.730. The van der Waals surface area contributed by atoms with Crippen molar-refractivity contribution >= 4 is 67.2 Å². The first kappa shape index (κ1) is 13.7. The van der Waals surface area contributed by atoms with Crippen molar-refractivity contribution in [2.75, 3.05) is 5.32 Å². The van der Waals surface area contributed by atoms with Crippen LogP contribution in [0.4, 0.5) is 11.5 Å². The fourth-order valence-corrected chi connectivity index (χ4v) is 2.17. The van der Waals surface area contributed by atoms with Crippen LogP contribution >= 0.6 is 50.7 Å². The van der Waals surface area contributed by atoms with Gasteiger partial charge in [0.05, 0.1) is 0 Å². The Morgan fingerprint density at radius 3 is 2.67 bits per heavy atom. The van der Waals surface area contributed by atoms with E-state index in [1.807, 2.05) is 30.3 Å². The standard InChI is InChI=1S/C12H9BrIN3S/c13-9-5-8(2-3-10(9)14)17-11-4-1-7(6-16-11)12(15)18/h1-6H,(H2,15,18)(H,16,17). The number of benzene rings is 1. The number of pyridine rings is 1. The van der Waals surface area contributed by atoms with Crippen LogP contribution in [-0.4, -0.2) is 9.97 Å². The number of nitrogens with one attached hydrogen (secondary N) is 1. The Balaban J connectivity index is 2.18. The molecule has 1 heterocycles. The molecule has 0 aliphatic heterocycles. The van der Waals surface area contributed by atoms with Crippen LogP contribution in [0.1, 0.15) is 5.56 Å². The lowest BCUT2D eigenvalue weighted by atomic mass is 10.3. The van der Waals surface area contributed by atoms with Crippen LogP contribution in [0.5, 0.6) is 0 Å². The molecule has 0 saturated heterocycles. The van der Waals surface area contributed by atoms with Gasteiger partial charge in [0.2, 0.25) is 0 Å². The predicted octanol–water partition coefficient (Wildman–Crippen LogP) is 3.83. The number of anilines is 2. The fourth-order valence-electron chi connectivity index (χ4n) is 1.34. The molecule has 3 N–H and O–H groups in total. The molecular formula is C12H9BrIN3S. The number of hydrogen-bond acceptors (Lipinski definition) is 3. The van der Waals surface area contributed by atoms with E-state index in [0.717, 1.165) is 25.1 Å². The molecule has 18 heavy (non-hydrogen) atoms. The van der Waals surface area contributed by atoms with E-state index in [1.54, 1.807) is 6.20 Å². The molecule has 0 amide bonds. The number of thiocarbonyl (C=S) groups is 1. The summed E-state index contributed by atoms with van der Waals surface area (Å²) in [6.45, 7) is 0. The van der Waals surface area contributed by atoms with Gasteiger partial charge in [-0.2, -0.15) is 0 Å².